The first-order valence-corrected chi connectivity index (χ1v) is 12.2. The maximum atomic E-state index is 12.9. The Morgan fingerprint density at radius 1 is 1.19 bits per heavy atom. The highest BCUT2D eigenvalue weighted by Crippen LogP contribution is 2.52. The Kier molecular flexibility index (Phi) is 7.95. The van der Waals surface area contributed by atoms with Gasteiger partial charge < -0.3 is 24.6 Å². The van der Waals surface area contributed by atoms with E-state index in [-0.39, 0.29) is 41.5 Å². The smallest absolute Gasteiger partial charge is 0.410 e. The van der Waals surface area contributed by atoms with Crippen molar-refractivity contribution in [1.82, 2.24) is 15.1 Å². The molecule has 0 radical (unpaired) electrons. The van der Waals surface area contributed by atoms with Crippen LogP contribution in [0.5, 0.6) is 0 Å². The lowest BCUT2D eigenvalue weighted by Crippen LogP contribution is -2.68. The van der Waals surface area contributed by atoms with Crippen LogP contribution < -0.4 is 5.32 Å². The third kappa shape index (κ3) is 5.47. The van der Waals surface area contributed by atoms with Crippen LogP contribution in [0.1, 0.15) is 66.7 Å². The SMILES string of the molecule is CN=C(NC1C2CCOC2C1(C)C)N1CCC(N(CC2CC2)C(=O)OC(C)(C)C)CC1.I. The van der Waals surface area contributed by atoms with E-state index in [4.69, 9.17) is 9.47 Å². The second-order valence-electron chi connectivity index (χ2n) is 11.5. The maximum Gasteiger partial charge on any atom is 0.410 e. The number of halogens is 1. The number of likely N-dealkylation sites (tertiary alicyclic amines) is 1. The van der Waals surface area contributed by atoms with Gasteiger partial charge in [-0.15, -0.1) is 24.0 Å². The molecule has 2 aliphatic heterocycles. The van der Waals surface area contributed by atoms with Crippen molar-refractivity contribution < 1.29 is 14.3 Å². The lowest BCUT2D eigenvalue weighted by Gasteiger charge is -2.55. The monoisotopic (exact) mass is 562 g/mol. The van der Waals surface area contributed by atoms with E-state index in [2.05, 4.69) is 29.1 Å². The molecule has 2 heterocycles. The Bertz CT molecular complexity index is 696. The van der Waals surface area contributed by atoms with Gasteiger partial charge in [-0.1, -0.05) is 13.8 Å². The molecule has 2 saturated heterocycles. The molecular weight excluding hydrogens is 519 g/mol. The number of carbonyl (C=O) groups excluding carboxylic acids is 1. The fourth-order valence-corrected chi connectivity index (χ4v) is 5.71. The molecule has 4 fully saturated rings. The topological polar surface area (TPSA) is 66.4 Å². The number of hydrogen-bond donors (Lipinski definition) is 1. The highest BCUT2D eigenvalue weighted by molar-refractivity contribution is 14.0. The van der Waals surface area contributed by atoms with Crippen molar-refractivity contribution in [2.75, 3.05) is 33.3 Å². The van der Waals surface area contributed by atoms with Gasteiger partial charge in [0.25, 0.3) is 0 Å². The van der Waals surface area contributed by atoms with Gasteiger partial charge >= 0.3 is 6.09 Å². The number of guanidine groups is 1. The molecule has 4 rings (SSSR count). The fraction of sp³-hybridized carbons (Fsp3) is 0.917. The standard InChI is InChI=1S/C24H42N4O3.HI/c1-23(2,3)31-22(29)28(15-16-7-8-16)17-9-12-27(13-10-17)21(25-6)26-19-18-11-14-30-20(18)24(19,4)5;/h16-20H,7-15H2,1-6H3,(H,25,26);1H. The third-order valence-corrected chi connectivity index (χ3v) is 7.58. The minimum atomic E-state index is -0.455. The van der Waals surface area contributed by atoms with Crippen LogP contribution in [0.2, 0.25) is 0 Å². The predicted octanol–water partition coefficient (Wildman–Crippen LogP) is 4.10. The summed E-state index contributed by atoms with van der Waals surface area (Å²) in [6.45, 7) is 14.0. The summed E-state index contributed by atoms with van der Waals surface area (Å²) in [6.07, 6.45) is 5.74. The van der Waals surface area contributed by atoms with E-state index in [9.17, 15) is 4.79 Å². The van der Waals surface area contributed by atoms with Crippen molar-refractivity contribution in [2.24, 2.45) is 22.2 Å². The molecule has 1 N–H and O–H groups in total. The molecule has 0 aromatic carbocycles. The zero-order valence-electron chi connectivity index (χ0n) is 20.7. The quantitative estimate of drug-likeness (QED) is 0.318. The van der Waals surface area contributed by atoms with Crippen LogP contribution in [0.3, 0.4) is 0 Å². The van der Waals surface area contributed by atoms with Crippen LogP contribution in [-0.4, -0.2) is 78.9 Å². The molecular formula is C24H43IN4O3. The van der Waals surface area contributed by atoms with Crippen LogP contribution in [-0.2, 0) is 9.47 Å². The molecule has 7 nitrogen and oxygen atoms in total. The number of nitrogens with zero attached hydrogens (tertiary/aromatic N) is 3. The van der Waals surface area contributed by atoms with Crippen LogP contribution in [0, 0.1) is 17.3 Å². The average Bonchev–Trinajstić information content (AvgIpc) is 3.40. The summed E-state index contributed by atoms with van der Waals surface area (Å²) < 4.78 is 11.7. The zero-order valence-corrected chi connectivity index (χ0v) is 23.1. The summed E-state index contributed by atoms with van der Waals surface area (Å²) >= 11 is 0. The number of piperidine rings is 1. The average molecular weight is 563 g/mol. The second-order valence-corrected chi connectivity index (χ2v) is 11.5. The van der Waals surface area contributed by atoms with Crippen molar-refractivity contribution in [1.29, 1.82) is 0 Å². The molecule has 1 amide bonds. The van der Waals surface area contributed by atoms with Gasteiger partial charge in [0.1, 0.15) is 5.60 Å². The molecule has 3 atom stereocenters. The lowest BCUT2D eigenvalue weighted by molar-refractivity contribution is -0.107. The maximum absolute atomic E-state index is 12.9. The molecule has 184 valence electrons. The number of aliphatic imine (C=N–C) groups is 1. The van der Waals surface area contributed by atoms with Crippen LogP contribution in [0.25, 0.3) is 0 Å². The number of ether oxygens (including phenoxy) is 2. The summed E-state index contributed by atoms with van der Waals surface area (Å²) in [5, 5.41) is 3.77. The van der Waals surface area contributed by atoms with E-state index in [1.165, 1.54) is 12.8 Å². The van der Waals surface area contributed by atoms with Crippen LogP contribution in [0.15, 0.2) is 4.99 Å². The van der Waals surface area contributed by atoms with E-state index >= 15 is 0 Å². The molecule has 32 heavy (non-hydrogen) atoms. The Morgan fingerprint density at radius 2 is 1.84 bits per heavy atom. The summed E-state index contributed by atoms with van der Waals surface area (Å²) in [6, 6.07) is 0.655. The zero-order chi connectivity index (χ0) is 22.4. The molecule has 0 bridgehead atoms. The first kappa shape index (κ1) is 25.8. The van der Waals surface area contributed by atoms with Gasteiger partial charge in [0.05, 0.1) is 6.10 Å². The largest absolute Gasteiger partial charge is 0.444 e. The van der Waals surface area contributed by atoms with E-state index < -0.39 is 5.60 Å². The van der Waals surface area contributed by atoms with Crippen molar-refractivity contribution >= 4 is 36.0 Å². The van der Waals surface area contributed by atoms with Gasteiger partial charge in [0, 0.05) is 56.7 Å². The van der Waals surface area contributed by atoms with Gasteiger partial charge in [0.15, 0.2) is 5.96 Å². The Morgan fingerprint density at radius 3 is 2.41 bits per heavy atom. The summed E-state index contributed by atoms with van der Waals surface area (Å²) in [4.78, 5) is 21.9. The molecule has 3 unspecified atom stereocenters. The Labute approximate surface area is 211 Å². The van der Waals surface area contributed by atoms with Gasteiger partial charge in [0.2, 0.25) is 0 Å². The lowest BCUT2D eigenvalue weighted by atomic mass is 9.57. The Balaban J connectivity index is 0.00000289. The number of hydrogen-bond acceptors (Lipinski definition) is 4. The van der Waals surface area contributed by atoms with Gasteiger partial charge in [-0.25, -0.2) is 4.79 Å². The highest BCUT2D eigenvalue weighted by Gasteiger charge is 2.59. The van der Waals surface area contributed by atoms with Crippen LogP contribution in [0.4, 0.5) is 4.79 Å². The van der Waals surface area contributed by atoms with E-state index in [1.54, 1.807) is 0 Å². The van der Waals surface area contributed by atoms with Gasteiger partial charge in [-0.3, -0.25) is 4.99 Å². The number of fused-ring (bicyclic) bond motifs is 1. The minimum absolute atomic E-state index is 0. The van der Waals surface area contributed by atoms with E-state index in [1.807, 2.05) is 32.7 Å². The molecule has 2 saturated carbocycles. The Hall–Kier alpha value is -0.770. The van der Waals surface area contributed by atoms with Crippen molar-refractivity contribution in [2.45, 2.75) is 90.5 Å². The molecule has 0 aromatic heterocycles. The first-order chi connectivity index (χ1) is 14.6. The van der Waals surface area contributed by atoms with E-state index in [0.717, 1.165) is 51.5 Å². The highest BCUT2D eigenvalue weighted by atomic mass is 127. The van der Waals surface area contributed by atoms with Crippen molar-refractivity contribution in [3.05, 3.63) is 0 Å². The molecule has 4 aliphatic rings. The van der Waals surface area contributed by atoms with Crippen molar-refractivity contribution in [3.8, 4) is 0 Å². The van der Waals surface area contributed by atoms with Gasteiger partial charge in [-0.05, 0) is 58.8 Å². The number of amides is 1. The second kappa shape index (κ2) is 9.84. The summed E-state index contributed by atoms with van der Waals surface area (Å²) in [5.74, 6) is 2.24. The van der Waals surface area contributed by atoms with E-state index in [0.29, 0.717) is 24.0 Å². The molecule has 0 aromatic rings. The molecule has 8 heteroatoms. The fourth-order valence-electron chi connectivity index (χ4n) is 5.71. The first-order valence-electron chi connectivity index (χ1n) is 12.2. The number of nitrogens with one attached hydrogen (secondary N) is 1. The summed E-state index contributed by atoms with van der Waals surface area (Å²) in [7, 11) is 1.88. The third-order valence-electron chi connectivity index (χ3n) is 7.58. The van der Waals surface area contributed by atoms with Crippen molar-refractivity contribution in [3.63, 3.8) is 0 Å². The normalized spacial score (nSPS) is 30.1. The van der Waals surface area contributed by atoms with Gasteiger partial charge in [-0.2, -0.15) is 0 Å². The number of carbonyl (C=O) groups is 1. The minimum Gasteiger partial charge on any atom is -0.444 e. The van der Waals surface area contributed by atoms with Crippen LogP contribution >= 0.6 is 24.0 Å². The molecule has 2 aliphatic carbocycles. The number of rotatable bonds is 4. The predicted molar refractivity (Wildman–Crippen MR) is 138 cm³/mol. The molecule has 0 spiro atoms. The summed E-state index contributed by atoms with van der Waals surface area (Å²) in [5.41, 5.74) is -0.323.